The maximum Gasteiger partial charge on any atom is 0.277 e. The van der Waals surface area contributed by atoms with E-state index in [1.165, 1.54) is 0 Å². The van der Waals surface area contributed by atoms with Crippen LogP contribution in [-0.2, 0) is 15.1 Å². The standard InChI is InChI=1S/C25H23ClN4O3S/c1-30(25(13-7-6-12-21(25)31)18-9-3-4-10-19(18)26)22(32)15-34-24-29-28-23(33-24)17-14-27-20-11-5-2-8-16(17)20/h2-5,8-11,14,27H,6-7,12-13,15H2,1H3/t25-/m1/s1. The SMILES string of the molecule is CN(C(=O)CSc1nnc(-c2c[nH]c3ccccc23)o1)[C@@]1(c2ccccc2Cl)CCCCC1=O. The summed E-state index contributed by atoms with van der Waals surface area (Å²) in [7, 11) is 1.68. The Morgan fingerprint density at radius 1 is 1.18 bits per heavy atom. The highest BCUT2D eigenvalue weighted by atomic mass is 35.5. The smallest absolute Gasteiger partial charge is 0.277 e. The number of carbonyl (C=O) groups is 2. The van der Waals surface area contributed by atoms with Gasteiger partial charge in [-0.25, -0.2) is 0 Å². The molecule has 2 aromatic carbocycles. The highest BCUT2D eigenvalue weighted by Gasteiger charge is 2.47. The summed E-state index contributed by atoms with van der Waals surface area (Å²) in [5.41, 5.74) is 1.41. The van der Waals surface area contributed by atoms with Gasteiger partial charge in [0, 0.05) is 41.2 Å². The summed E-state index contributed by atoms with van der Waals surface area (Å²) >= 11 is 7.65. The number of halogens is 1. The first kappa shape index (κ1) is 22.7. The third-order valence-corrected chi connectivity index (χ3v) is 7.60. The zero-order valence-corrected chi connectivity index (χ0v) is 20.2. The summed E-state index contributed by atoms with van der Waals surface area (Å²) in [6.45, 7) is 0. The van der Waals surface area contributed by atoms with Gasteiger partial charge in [0.1, 0.15) is 5.54 Å². The molecule has 1 N–H and O–H groups in total. The van der Waals surface area contributed by atoms with Gasteiger partial charge in [0.15, 0.2) is 5.78 Å². The molecular weight excluding hydrogens is 472 g/mol. The number of amides is 1. The summed E-state index contributed by atoms with van der Waals surface area (Å²) < 4.78 is 5.82. The first-order chi connectivity index (χ1) is 16.5. The van der Waals surface area contributed by atoms with E-state index in [-0.39, 0.29) is 17.4 Å². The number of nitrogens with one attached hydrogen (secondary N) is 1. The van der Waals surface area contributed by atoms with Crippen LogP contribution in [0.25, 0.3) is 22.4 Å². The van der Waals surface area contributed by atoms with Crippen LogP contribution >= 0.6 is 23.4 Å². The van der Waals surface area contributed by atoms with E-state index in [4.69, 9.17) is 16.0 Å². The van der Waals surface area contributed by atoms with Crippen molar-refractivity contribution in [3.05, 3.63) is 65.3 Å². The number of H-pyrrole nitrogens is 1. The third-order valence-electron chi connectivity index (χ3n) is 6.47. The van der Waals surface area contributed by atoms with Crippen LogP contribution in [0.2, 0.25) is 5.02 Å². The van der Waals surface area contributed by atoms with Crippen LogP contribution in [0.15, 0.2) is 64.4 Å². The van der Waals surface area contributed by atoms with Gasteiger partial charge in [-0.05, 0) is 31.4 Å². The second-order valence-corrected chi connectivity index (χ2v) is 9.67. The van der Waals surface area contributed by atoms with Gasteiger partial charge in [-0.3, -0.25) is 9.59 Å². The second kappa shape index (κ2) is 9.27. The largest absolute Gasteiger partial charge is 0.411 e. The lowest BCUT2D eigenvalue weighted by Gasteiger charge is -2.44. The molecule has 1 atom stereocenters. The number of thioether (sulfide) groups is 1. The molecule has 34 heavy (non-hydrogen) atoms. The average Bonchev–Trinajstić information content (AvgIpc) is 3.50. The Labute approximate surface area is 205 Å². The lowest BCUT2D eigenvalue weighted by atomic mass is 9.74. The van der Waals surface area contributed by atoms with Crippen LogP contribution in [0, 0.1) is 0 Å². The van der Waals surface area contributed by atoms with E-state index in [0.717, 1.165) is 41.1 Å². The number of fused-ring (bicyclic) bond motifs is 1. The minimum atomic E-state index is -1.06. The molecule has 1 aliphatic rings. The molecular formula is C25H23ClN4O3S. The average molecular weight is 495 g/mol. The molecule has 9 heteroatoms. The van der Waals surface area contributed by atoms with Gasteiger partial charge in [-0.2, -0.15) is 0 Å². The molecule has 0 saturated heterocycles. The minimum Gasteiger partial charge on any atom is -0.411 e. The van der Waals surface area contributed by atoms with E-state index in [1.807, 2.05) is 48.7 Å². The first-order valence-corrected chi connectivity index (χ1v) is 12.4. The van der Waals surface area contributed by atoms with Gasteiger partial charge < -0.3 is 14.3 Å². The Morgan fingerprint density at radius 2 is 1.97 bits per heavy atom. The lowest BCUT2D eigenvalue weighted by molar-refractivity contribution is -0.146. The molecule has 2 heterocycles. The van der Waals surface area contributed by atoms with Crippen molar-refractivity contribution in [2.75, 3.05) is 12.8 Å². The van der Waals surface area contributed by atoms with E-state index < -0.39 is 5.54 Å². The van der Waals surface area contributed by atoms with Gasteiger partial charge in [0.25, 0.3) is 11.1 Å². The lowest BCUT2D eigenvalue weighted by Crippen LogP contribution is -2.54. The number of likely N-dealkylation sites (N-methyl/N-ethyl adjacent to an activating group) is 1. The van der Waals surface area contributed by atoms with Crippen molar-refractivity contribution in [2.24, 2.45) is 0 Å². The molecule has 1 amide bonds. The van der Waals surface area contributed by atoms with E-state index in [0.29, 0.717) is 34.5 Å². The van der Waals surface area contributed by atoms with Crippen molar-refractivity contribution in [3.8, 4) is 11.5 Å². The molecule has 0 radical (unpaired) electrons. The van der Waals surface area contributed by atoms with Crippen LogP contribution in [0.3, 0.4) is 0 Å². The second-order valence-electron chi connectivity index (χ2n) is 8.33. The normalized spacial score (nSPS) is 18.4. The van der Waals surface area contributed by atoms with Gasteiger partial charge in [-0.1, -0.05) is 59.8 Å². The van der Waals surface area contributed by atoms with Gasteiger partial charge in [-0.15, -0.1) is 10.2 Å². The van der Waals surface area contributed by atoms with Crippen molar-refractivity contribution in [1.82, 2.24) is 20.1 Å². The van der Waals surface area contributed by atoms with Gasteiger partial charge >= 0.3 is 0 Å². The number of aromatic amines is 1. The Morgan fingerprint density at radius 3 is 2.79 bits per heavy atom. The molecule has 1 saturated carbocycles. The van der Waals surface area contributed by atoms with Crippen LogP contribution in [0.5, 0.6) is 0 Å². The number of benzene rings is 2. The van der Waals surface area contributed by atoms with Crippen molar-refractivity contribution < 1.29 is 14.0 Å². The zero-order chi connectivity index (χ0) is 23.7. The molecule has 5 rings (SSSR count). The number of carbonyl (C=O) groups excluding carboxylic acids is 2. The third kappa shape index (κ3) is 3.91. The molecule has 0 aliphatic heterocycles. The number of para-hydroxylation sites is 1. The van der Waals surface area contributed by atoms with Gasteiger partial charge in [0.05, 0.1) is 11.3 Å². The Hall–Kier alpha value is -3.10. The molecule has 4 aromatic rings. The van der Waals surface area contributed by atoms with Crippen molar-refractivity contribution in [3.63, 3.8) is 0 Å². The maximum absolute atomic E-state index is 13.3. The van der Waals surface area contributed by atoms with E-state index >= 15 is 0 Å². The highest BCUT2D eigenvalue weighted by Crippen LogP contribution is 2.42. The molecule has 0 spiro atoms. The Balaban J connectivity index is 1.35. The van der Waals surface area contributed by atoms with Crippen molar-refractivity contribution in [2.45, 2.75) is 36.4 Å². The zero-order valence-electron chi connectivity index (χ0n) is 18.6. The topological polar surface area (TPSA) is 92.1 Å². The quantitative estimate of drug-likeness (QED) is 0.358. The Bertz CT molecular complexity index is 1370. The molecule has 174 valence electrons. The molecule has 1 aliphatic carbocycles. The molecule has 0 bridgehead atoms. The molecule has 0 unspecified atom stereocenters. The summed E-state index contributed by atoms with van der Waals surface area (Å²) in [6, 6.07) is 15.1. The number of rotatable bonds is 6. The van der Waals surface area contributed by atoms with Gasteiger partial charge in [0.2, 0.25) is 5.91 Å². The number of nitrogens with zero attached hydrogens (tertiary/aromatic N) is 3. The molecule has 2 aromatic heterocycles. The number of aromatic nitrogens is 3. The minimum absolute atomic E-state index is 0.0205. The fraction of sp³-hybridized carbons (Fsp3) is 0.280. The predicted molar refractivity (Wildman–Crippen MR) is 132 cm³/mol. The summed E-state index contributed by atoms with van der Waals surface area (Å²) in [5, 5.41) is 10.0. The molecule has 1 fully saturated rings. The Kier molecular flexibility index (Phi) is 6.18. The summed E-state index contributed by atoms with van der Waals surface area (Å²) in [4.78, 5) is 31.2. The van der Waals surface area contributed by atoms with Crippen LogP contribution < -0.4 is 0 Å². The van der Waals surface area contributed by atoms with E-state index in [9.17, 15) is 9.59 Å². The fourth-order valence-electron chi connectivity index (χ4n) is 4.69. The predicted octanol–water partition coefficient (Wildman–Crippen LogP) is 5.46. The fourth-order valence-corrected chi connectivity index (χ4v) is 5.66. The monoisotopic (exact) mass is 494 g/mol. The van der Waals surface area contributed by atoms with Crippen molar-refractivity contribution >= 4 is 46.0 Å². The highest BCUT2D eigenvalue weighted by molar-refractivity contribution is 7.99. The number of ketones is 1. The summed E-state index contributed by atoms with van der Waals surface area (Å²) in [6.07, 6.45) is 4.47. The first-order valence-electron chi connectivity index (χ1n) is 11.1. The number of Topliss-reactive ketones (excluding diaryl/α,β-unsaturated/α-hetero) is 1. The van der Waals surface area contributed by atoms with E-state index in [2.05, 4.69) is 15.2 Å². The maximum atomic E-state index is 13.3. The van der Waals surface area contributed by atoms with E-state index in [1.54, 1.807) is 18.0 Å². The van der Waals surface area contributed by atoms with Crippen molar-refractivity contribution in [1.29, 1.82) is 0 Å². The summed E-state index contributed by atoms with van der Waals surface area (Å²) in [5.74, 6) is 0.265. The number of hydrogen-bond acceptors (Lipinski definition) is 6. The van der Waals surface area contributed by atoms with Crippen LogP contribution in [0.1, 0.15) is 31.2 Å². The van der Waals surface area contributed by atoms with Crippen LogP contribution in [-0.4, -0.2) is 44.6 Å². The number of hydrogen-bond donors (Lipinski definition) is 1. The van der Waals surface area contributed by atoms with Crippen LogP contribution in [0.4, 0.5) is 0 Å². The molecule has 7 nitrogen and oxygen atoms in total.